The van der Waals surface area contributed by atoms with Gasteiger partial charge in [-0.1, -0.05) is 89.9 Å². The molecule has 14 heteroatoms. The second kappa shape index (κ2) is 13.6. The van der Waals surface area contributed by atoms with Crippen LogP contribution in [0.15, 0.2) is 12.1 Å². The fourth-order valence-electron chi connectivity index (χ4n) is 4.31. The highest BCUT2D eigenvalue weighted by Crippen LogP contribution is 2.51. The second-order valence-electron chi connectivity index (χ2n) is 10.9. The molecular formula is C29H26Cl6O8. The van der Waals surface area contributed by atoms with Crippen LogP contribution < -0.4 is 9.47 Å². The van der Waals surface area contributed by atoms with Gasteiger partial charge in [0.25, 0.3) is 0 Å². The van der Waals surface area contributed by atoms with Gasteiger partial charge >= 0.3 is 23.9 Å². The van der Waals surface area contributed by atoms with Crippen LogP contribution in [0.3, 0.4) is 0 Å². The highest BCUT2D eigenvalue weighted by Gasteiger charge is 2.40. The maximum Gasteiger partial charge on any atom is 0.423 e. The van der Waals surface area contributed by atoms with Gasteiger partial charge in [0, 0.05) is 0 Å². The highest BCUT2D eigenvalue weighted by atomic mass is 35.5. The van der Waals surface area contributed by atoms with Crippen LogP contribution in [0.1, 0.15) is 79.5 Å². The molecule has 2 fully saturated rings. The highest BCUT2D eigenvalue weighted by molar-refractivity contribution is 6.47. The summed E-state index contributed by atoms with van der Waals surface area (Å²) in [6, 6.07) is 2.24. The van der Waals surface area contributed by atoms with E-state index in [0.717, 1.165) is 44.2 Å². The maximum absolute atomic E-state index is 13.0. The molecule has 43 heavy (non-hydrogen) atoms. The second-order valence-corrected chi connectivity index (χ2v) is 13.3. The smallest absolute Gasteiger partial charge is 0.423 e. The zero-order valence-electron chi connectivity index (χ0n) is 23.1. The van der Waals surface area contributed by atoms with Crippen LogP contribution in [0.2, 0.25) is 30.1 Å². The molecule has 0 atom stereocenters. The Balaban J connectivity index is 1.52. The molecule has 8 nitrogen and oxygen atoms in total. The number of benzene rings is 2. The Hall–Kier alpha value is -1.94. The average molecular weight is 715 g/mol. The first-order chi connectivity index (χ1) is 20.2. The van der Waals surface area contributed by atoms with Gasteiger partial charge < -0.3 is 18.9 Å². The topological polar surface area (TPSA) is 105 Å². The zero-order valence-corrected chi connectivity index (χ0v) is 27.6. The molecular weight excluding hydrogens is 689 g/mol. The summed E-state index contributed by atoms with van der Waals surface area (Å²) in [7, 11) is 0. The molecule has 0 N–H and O–H groups in total. The Morgan fingerprint density at radius 2 is 1.09 bits per heavy atom. The predicted octanol–water partition coefficient (Wildman–Crippen LogP) is 9.20. The van der Waals surface area contributed by atoms with E-state index in [9.17, 15) is 19.2 Å². The van der Waals surface area contributed by atoms with Crippen molar-refractivity contribution in [3.63, 3.8) is 0 Å². The molecule has 0 radical (unpaired) electrons. The molecule has 2 saturated carbocycles. The van der Waals surface area contributed by atoms with Crippen LogP contribution in [0.25, 0.3) is 0 Å². The number of esters is 4. The van der Waals surface area contributed by atoms with Gasteiger partial charge in [-0.25, -0.2) is 19.2 Å². The van der Waals surface area contributed by atoms with Crippen molar-refractivity contribution in [3.05, 3.63) is 53.4 Å². The molecule has 232 valence electrons. The summed E-state index contributed by atoms with van der Waals surface area (Å²) in [5.74, 6) is -6.36. The van der Waals surface area contributed by atoms with Crippen molar-refractivity contribution < 1.29 is 38.1 Å². The number of halogens is 6. The summed E-state index contributed by atoms with van der Waals surface area (Å²) in [5.41, 5.74) is -0.677. The van der Waals surface area contributed by atoms with E-state index < -0.39 is 46.5 Å². The Morgan fingerprint density at radius 1 is 0.674 bits per heavy atom. The molecule has 2 aliphatic carbocycles. The minimum absolute atomic E-state index is 0.0688. The maximum atomic E-state index is 13.0. The van der Waals surface area contributed by atoms with E-state index in [2.05, 4.69) is 13.8 Å². The van der Waals surface area contributed by atoms with E-state index in [-0.39, 0.29) is 54.2 Å². The quantitative estimate of drug-likeness (QED) is 0.0982. The molecule has 0 saturated heterocycles. The fourth-order valence-corrected chi connectivity index (χ4v) is 5.74. The fraction of sp³-hybridized carbons (Fsp3) is 0.448. The normalized spacial score (nSPS) is 15.8. The van der Waals surface area contributed by atoms with Crippen molar-refractivity contribution in [2.45, 2.75) is 58.8 Å². The standard InChI is InChI=1S/C29H26Cl6O8/c1-3-29(6-7-29)9-11-41-25(37)19-21(35)15(31)13-17(33)23(19)43-27(39)26(38)42-22-16(32)12-14(30)20(34)18(22)24(36)40-10-8-28(2)4-5-28/h12-13H,3-11H2,1-2H3. The molecule has 0 unspecified atom stereocenters. The van der Waals surface area contributed by atoms with Gasteiger partial charge in [-0.3, -0.25) is 0 Å². The minimum Gasteiger partial charge on any atom is -0.462 e. The van der Waals surface area contributed by atoms with E-state index in [1.807, 2.05) is 0 Å². The lowest BCUT2D eigenvalue weighted by Gasteiger charge is -2.16. The van der Waals surface area contributed by atoms with Gasteiger partial charge in [0.15, 0.2) is 11.5 Å². The number of ether oxygens (including phenoxy) is 4. The van der Waals surface area contributed by atoms with Crippen LogP contribution in [0.5, 0.6) is 11.5 Å². The Bertz CT molecular complexity index is 1480. The first kappa shape index (κ1) is 33.9. The van der Waals surface area contributed by atoms with Crippen molar-refractivity contribution in [2.24, 2.45) is 10.8 Å². The molecule has 0 heterocycles. The van der Waals surface area contributed by atoms with Gasteiger partial charge in [0.05, 0.1) is 43.3 Å². The molecule has 0 amide bonds. The first-order valence-corrected chi connectivity index (χ1v) is 15.6. The number of hydrogen-bond acceptors (Lipinski definition) is 8. The summed E-state index contributed by atoms with van der Waals surface area (Å²) < 4.78 is 21.0. The number of carbonyl (C=O) groups is 4. The van der Waals surface area contributed by atoms with Crippen molar-refractivity contribution >= 4 is 93.5 Å². The van der Waals surface area contributed by atoms with Crippen molar-refractivity contribution in [1.29, 1.82) is 0 Å². The molecule has 4 rings (SSSR count). The molecule has 2 aromatic carbocycles. The van der Waals surface area contributed by atoms with E-state index >= 15 is 0 Å². The molecule has 2 aromatic rings. The zero-order chi connectivity index (χ0) is 31.7. The van der Waals surface area contributed by atoms with Gasteiger partial charge in [0.1, 0.15) is 11.1 Å². The van der Waals surface area contributed by atoms with Crippen LogP contribution in [-0.4, -0.2) is 37.1 Å². The summed E-state index contributed by atoms with van der Waals surface area (Å²) in [6.07, 6.45) is 6.30. The first-order valence-electron chi connectivity index (χ1n) is 13.3. The number of carbonyl (C=O) groups excluding carboxylic acids is 4. The third-order valence-electron chi connectivity index (χ3n) is 7.83. The van der Waals surface area contributed by atoms with Crippen LogP contribution in [0.4, 0.5) is 0 Å². The van der Waals surface area contributed by atoms with Gasteiger partial charge in [0.2, 0.25) is 0 Å². The predicted molar refractivity (Wildman–Crippen MR) is 163 cm³/mol. The summed E-state index contributed by atoms with van der Waals surface area (Å²) in [6.45, 7) is 4.27. The Labute approximate surface area is 278 Å². The number of hydrogen-bond donors (Lipinski definition) is 0. The van der Waals surface area contributed by atoms with Crippen molar-refractivity contribution in [1.82, 2.24) is 0 Å². The molecule has 0 aromatic heterocycles. The van der Waals surface area contributed by atoms with Crippen LogP contribution in [-0.2, 0) is 19.1 Å². The molecule has 0 spiro atoms. The molecule has 2 aliphatic rings. The number of rotatable bonds is 11. The lowest BCUT2D eigenvalue weighted by Crippen LogP contribution is -2.27. The molecule has 0 bridgehead atoms. The summed E-state index contributed by atoms with van der Waals surface area (Å²) >= 11 is 37.1. The van der Waals surface area contributed by atoms with Gasteiger partial charge in [-0.15, -0.1) is 0 Å². The van der Waals surface area contributed by atoms with Crippen molar-refractivity contribution in [2.75, 3.05) is 13.2 Å². The van der Waals surface area contributed by atoms with Gasteiger partial charge in [-0.05, 0) is 61.5 Å². The van der Waals surface area contributed by atoms with Crippen LogP contribution >= 0.6 is 69.6 Å². The largest absolute Gasteiger partial charge is 0.462 e. The minimum atomic E-state index is -1.64. The van der Waals surface area contributed by atoms with E-state index in [1.54, 1.807) is 0 Å². The van der Waals surface area contributed by atoms with Gasteiger partial charge in [-0.2, -0.15) is 0 Å². The third-order valence-corrected chi connectivity index (χ3v) is 9.97. The Kier molecular flexibility index (Phi) is 10.7. The van der Waals surface area contributed by atoms with E-state index in [4.69, 9.17) is 88.6 Å². The lowest BCUT2D eigenvalue weighted by atomic mass is 10.0. The van der Waals surface area contributed by atoms with Crippen molar-refractivity contribution in [3.8, 4) is 11.5 Å². The monoisotopic (exact) mass is 712 g/mol. The van der Waals surface area contributed by atoms with E-state index in [1.165, 1.54) is 0 Å². The summed E-state index contributed by atoms with van der Waals surface area (Å²) in [5, 5.41) is -1.47. The average Bonchev–Trinajstić information content (AvgIpc) is 3.88. The SMILES string of the molecule is CCC1(CCOC(=O)c2c(Cl)c(Cl)cc(Cl)c2OC(=O)C(=O)Oc2c(Cl)cc(Cl)c(Cl)c2C(=O)OCCC2(C)CC2)CC1. The lowest BCUT2D eigenvalue weighted by molar-refractivity contribution is -0.156. The van der Waals surface area contributed by atoms with Crippen LogP contribution in [0, 0.1) is 10.8 Å². The third kappa shape index (κ3) is 8.02. The summed E-state index contributed by atoms with van der Waals surface area (Å²) in [4.78, 5) is 51.6. The Morgan fingerprint density at radius 3 is 1.47 bits per heavy atom. The molecule has 0 aliphatic heterocycles. The van der Waals surface area contributed by atoms with E-state index in [0.29, 0.717) is 12.8 Å².